The van der Waals surface area contributed by atoms with E-state index in [2.05, 4.69) is 58.7 Å². The van der Waals surface area contributed by atoms with E-state index in [-0.39, 0.29) is 0 Å². The summed E-state index contributed by atoms with van der Waals surface area (Å²) in [5.41, 5.74) is 1.18. The minimum Gasteiger partial charge on any atom is -0.348 e. The average molecular weight is 298 g/mol. The molecule has 0 aromatic carbocycles. The molecule has 1 atom stereocenters. The molecule has 1 rings (SSSR count). The van der Waals surface area contributed by atoms with Gasteiger partial charge < -0.3 is 10.2 Å². The Kier molecular flexibility index (Phi) is 6.96. The van der Waals surface area contributed by atoms with E-state index < -0.39 is 0 Å². The molecule has 116 valence electrons. The van der Waals surface area contributed by atoms with Crippen LogP contribution < -0.4 is 10.2 Å². The lowest BCUT2D eigenvalue weighted by Gasteiger charge is -2.25. The Morgan fingerprint density at radius 2 is 1.65 bits per heavy atom. The number of anilines is 1. The van der Waals surface area contributed by atoms with Crippen molar-refractivity contribution in [2.45, 2.75) is 54.5 Å². The molecule has 0 radical (unpaired) electrons. The highest BCUT2D eigenvalue weighted by Gasteiger charge is 2.19. The van der Waals surface area contributed by atoms with Gasteiger partial charge in [0.1, 0.15) is 0 Å². The molecule has 1 aromatic rings. The minimum atomic E-state index is 0.395. The predicted octanol–water partition coefficient (Wildman–Crippen LogP) is 4.24. The standard InChI is InChI=1S/C16H31N3S/c1-8-17-13(6)15-14(7)18-16(20-15)19(9-11(2)3)10-12(4)5/h11-13,17H,8-10H2,1-7H3. The number of thiazole rings is 1. The fourth-order valence-electron chi connectivity index (χ4n) is 2.44. The van der Waals surface area contributed by atoms with E-state index in [1.54, 1.807) is 0 Å². The Labute approximate surface area is 128 Å². The van der Waals surface area contributed by atoms with Crippen molar-refractivity contribution in [1.82, 2.24) is 10.3 Å². The van der Waals surface area contributed by atoms with Crippen LogP contribution in [0.4, 0.5) is 5.13 Å². The average Bonchev–Trinajstić information content (AvgIpc) is 2.69. The predicted molar refractivity (Wildman–Crippen MR) is 90.8 cm³/mol. The number of rotatable bonds is 8. The van der Waals surface area contributed by atoms with Crippen LogP contribution in [0.5, 0.6) is 0 Å². The van der Waals surface area contributed by atoms with E-state index in [0.29, 0.717) is 17.9 Å². The first-order valence-corrected chi connectivity index (χ1v) is 8.62. The van der Waals surface area contributed by atoms with Gasteiger partial charge in [-0.05, 0) is 32.2 Å². The fourth-order valence-corrected chi connectivity index (χ4v) is 3.55. The van der Waals surface area contributed by atoms with Crippen LogP contribution in [0.25, 0.3) is 0 Å². The second-order valence-corrected chi connectivity index (χ2v) is 7.43. The Hall–Kier alpha value is -0.610. The van der Waals surface area contributed by atoms with Crippen LogP contribution >= 0.6 is 11.3 Å². The Morgan fingerprint density at radius 1 is 1.10 bits per heavy atom. The molecule has 0 spiro atoms. The summed E-state index contributed by atoms with van der Waals surface area (Å²) in [7, 11) is 0. The lowest BCUT2D eigenvalue weighted by atomic mass is 10.1. The maximum Gasteiger partial charge on any atom is 0.185 e. The largest absolute Gasteiger partial charge is 0.348 e. The van der Waals surface area contributed by atoms with Gasteiger partial charge in [0.05, 0.1) is 5.69 Å². The minimum absolute atomic E-state index is 0.395. The van der Waals surface area contributed by atoms with Gasteiger partial charge >= 0.3 is 0 Å². The highest BCUT2D eigenvalue weighted by atomic mass is 32.1. The molecule has 0 aliphatic rings. The van der Waals surface area contributed by atoms with Gasteiger partial charge in [0, 0.05) is 24.0 Å². The Bertz CT molecular complexity index is 388. The summed E-state index contributed by atoms with van der Waals surface area (Å²) in [5, 5.41) is 4.67. The number of aryl methyl sites for hydroxylation is 1. The molecule has 0 amide bonds. The van der Waals surface area contributed by atoms with Gasteiger partial charge in [0.25, 0.3) is 0 Å². The normalized spacial score (nSPS) is 13.2. The molecule has 1 aromatic heterocycles. The molecule has 0 saturated carbocycles. The summed E-state index contributed by atoms with van der Waals surface area (Å²) in [4.78, 5) is 8.65. The van der Waals surface area contributed by atoms with Gasteiger partial charge in [-0.15, -0.1) is 11.3 Å². The molecular weight excluding hydrogens is 266 g/mol. The highest BCUT2D eigenvalue weighted by Crippen LogP contribution is 2.31. The number of nitrogens with one attached hydrogen (secondary N) is 1. The quantitative estimate of drug-likeness (QED) is 0.778. The smallest absolute Gasteiger partial charge is 0.185 e. The summed E-state index contributed by atoms with van der Waals surface area (Å²) in [6, 6.07) is 0.395. The first-order valence-electron chi connectivity index (χ1n) is 7.80. The molecule has 0 aliphatic carbocycles. The molecule has 0 bridgehead atoms. The lowest BCUT2D eigenvalue weighted by molar-refractivity contribution is 0.551. The van der Waals surface area contributed by atoms with Crippen molar-refractivity contribution in [3.05, 3.63) is 10.6 Å². The van der Waals surface area contributed by atoms with Crippen molar-refractivity contribution in [1.29, 1.82) is 0 Å². The zero-order valence-corrected chi connectivity index (χ0v) is 15.0. The van der Waals surface area contributed by atoms with Gasteiger partial charge in [-0.3, -0.25) is 0 Å². The second-order valence-electron chi connectivity index (χ2n) is 6.42. The van der Waals surface area contributed by atoms with E-state index >= 15 is 0 Å². The first-order chi connectivity index (χ1) is 9.35. The summed E-state index contributed by atoms with van der Waals surface area (Å²) >= 11 is 1.85. The zero-order chi connectivity index (χ0) is 15.3. The van der Waals surface area contributed by atoms with Crippen molar-refractivity contribution in [3.63, 3.8) is 0 Å². The second kappa shape index (κ2) is 7.99. The number of hydrogen-bond donors (Lipinski definition) is 1. The van der Waals surface area contributed by atoms with Crippen LogP contribution in [0.15, 0.2) is 0 Å². The molecule has 4 heteroatoms. The summed E-state index contributed by atoms with van der Waals surface area (Å²) in [6.45, 7) is 18.8. The fraction of sp³-hybridized carbons (Fsp3) is 0.812. The molecule has 0 saturated heterocycles. The van der Waals surface area contributed by atoms with Crippen molar-refractivity contribution < 1.29 is 0 Å². The lowest BCUT2D eigenvalue weighted by Crippen LogP contribution is -2.31. The van der Waals surface area contributed by atoms with E-state index in [1.165, 1.54) is 15.7 Å². The molecule has 20 heavy (non-hydrogen) atoms. The van der Waals surface area contributed by atoms with Gasteiger partial charge in [-0.1, -0.05) is 34.6 Å². The molecule has 1 heterocycles. The van der Waals surface area contributed by atoms with Crippen molar-refractivity contribution in [2.75, 3.05) is 24.5 Å². The maximum absolute atomic E-state index is 4.82. The van der Waals surface area contributed by atoms with Gasteiger partial charge in [-0.2, -0.15) is 0 Å². The van der Waals surface area contributed by atoms with Crippen LogP contribution in [-0.4, -0.2) is 24.6 Å². The molecular formula is C16H31N3S. The third-order valence-corrected chi connectivity index (χ3v) is 4.57. The molecule has 1 N–H and O–H groups in total. The summed E-state index contributed by atoms with van der Waals surface area (Å²) < 4.78 is 0. The number of nitrogens with zero attached hydrogens (tertiary/aromatic N) is 2. The van der Waals surface area contributed by atoms with Gasteiger partial charge in [0.15, 0.2) is 5.13 Å². The van der Waals surface area contributed by atoms with E-state index in [0.717, 1.165) is 19.6 Å². The van der Waals surface area contributed by atoms with Crippen LogP contribution in [0, 0.1) is 18.8 Å². The van der Waals surface area contributed by atoms with Crippen molar-refractivity contribution >= 4 is 16.5 Å². The molecule has 0 fully saturated rings. The van der Waals surface area contributed by atoms with Crippen molar-refractivity contribution in [2.24, 2.45) is 11.8 Å². The number of aromatic nitrogens is 1. The highest BCUT2D eigenvalue weighted by molar-refractivity contribution is 7.15. The summed E-state index contributed by atoms with van der Waals surface area (Å²) in [6.07, 6.45) is 0. The number of hydrogen-bond acceptors (Lipinski definition) is 4. The van der Waals surface area contributed by atoms with E-state index in [1.807, 2.05) is 11.3 Å². The SMILES string of the molecule is CCNC(C)c1sc(N(CC(C)C)CC(C)C)nc1C. The van der Waals surface area contributed by atoms with Gasteiger partial charge in [-0.25, -0.2) is 4.98 Å². The maximum atomic E-state index is 4.82. The zero-order valence-electron chi connectivity index (χ0n) is 14.2. The van der Waals surface area contributed by atoms with Crippen LogP contribution in [0.1, 0.15) is 58.2 Å². The first kappa shape index (κ1) is 17.4. The third kappa shape index (κ3) is 5.06. The van der Waals surface area contributed by atoms with Gasteiger partial charge in [0.2, 0.25) is 0 Å². The van der Waals surface area contributed by atoms with E-state index in [9.17, 15) is 0 Å². The molecule has 1 unspecified atom stereocenters. The molecule has 3 nitrogen and oxygen atoms in total. The topological polar surface area (TPSA) is 28.2 Å². The third-order valence-electron chi connectivity index (χ3n) is 3.17. The van der Waals surface area contributed by atoms with Crippen molar-refractivity contribution in [3.8, 4) is 0 Å². The van der Waals surface area contributed by atoms with Crippen LogP contribution in [0.3, 0.4) is 0 Å². The summed E-state index contributed by atoms with van der Waals surface area (Å²) in [5.74, 6) is 1.32. The van der Waals surface area contributed by atoms with E-state index in [4.69, 9.17) is 4.98 Å². The Morgan fingerprint density at radius 3 is 2.10 bits per heavy atom. The van der Waals surface area contributed by atoms with Crippen LogP contribution in [-0.2, 0) is 0 Å². The monoisotopic (exact) mass is 297 g/mol. The van der Waals surface area contributed by atoms with Crippen LogP contribution in [0.2, 0.25) is 0 Å². The molecule has 0 aliphatic heterocycles. The Balaban J connectivity index is 2.93.